The second-order valence-corrected chi connectivity index (χ2v) is 22.4. The number of hydrogen-bond acceptors (Lipinski definition) is 2. The molecule has 1 aliphatic rings. The van der Waals surface area contributed by atoms with Crippen LogP contribution in [0.2, 0.25) is 0 Å². The summed E-state index contributed by atoms with van der Waals surface area (Å²) in [6.07, 6.45) is 0. The molecular weight excluding hydrogens is 538 g/mol. The van der Waals surface area contributed by atoms with Gasteiger partial charge in [0, 0.05) is 0 Å². The van der Waals surface area contributed by atoms with Gasteiger partial charge < -0.3 is 0 Å². The van der Waals surface area contributed by atoms with Gasteiger partial charge in [0.2, 0.25) is 0 Å². The van der Waals surface area contributed by atoms with E-state index in [-0.39, 0.29) is 10.8 Å². The van der Waals surface area contributed by atoms with Crippen molar-refractivity contribution in [3.8, 4) is 11.5 Å². The summed E-state index contributed by atoms with van der Waals surface area (Å²) in [6, 6.07) is 36.5. The number of hydrogen-bond donors (Lipinski definition) is 0. The first-order valence-corrected chi connectivity index (χ1v) is 18.3. The molecule has 0 saturated heterocycles. The molecule has 0 radical (unpaired) electrons. The van der Waals surface area contributed by atoms with E-state index >= 15 is 0 Å². The molecule has 0 aromatic heterocycles. The molecule has 0 unspecified atom stereocenters. The van der Waals surface area contributed by atoms with Gasteiger partial charge >= 0.3 is 213 Å². The summed E-state index contributed by atoms with van der Waals surface area (Å²) >= 11 is -5.02. The van der Waals surface area contributed by atoms with Crippen LogP contribution in [0.1, 0.15) is 52.7 Å². The van der Waals surface area contributed by atoms with Crippen molar-refractivity contribution in [1.82, 2.24) is 0 Å². The zero-order valence-corrected chi connectivity index (χ0v) is 24.1. The summed E-state index contributed by atoms with van der Waals surface area (Å²) in [4.78, 5) is 0. The van der Waals surface area contributed by atoms with Gasteiger partial charge in [0.05, 0.1) is 0 Å². The molecule has 35 heavy (non-hydrogen) atoms. The van der Waals surface area contributed by atoms with Crippen LogP contribution >= 0.6 is 0 Å². The van der Waals surface area contributed by atoms with Crippen molar-refractivity contribution in [3.05, 3.63) is 114 Å². The molecule has 4 aromatic rings. The topological polar surface area (TPSA) is 18.5 Å². The Morgan fingerprint density at radius 3 is 0.971 bits per heavy atom. The third-order valence-corrected chi connectivity index (χ3v) is 20.6. The summed E-state index contributed by atoms with van der Waals surface area (Å²) in [5, 5.41) is 0. The van der Waals surface area contributed by atoms with Gasteiger partial charge in [-0.15, -0.1) is 0 Å². The third kappa shape index (κ3) is 3.61. The monoisotopic (exact) mass is 572 g/mol. The average molecular weight is 573 g/mol. The van der Waals surface area contributed by atoms with Crippen molar-refractivity contribution in [2.45, 2.75) is 52.4 Å². The fourth-order valence-corrected chi connectivity index (χ4v) is 18.8. The Kier molecular flexibility index (Phi) is 5.61. The van der Waals surface area contributed by atoms with Crippen LogP contribution in [0.3, 0.4) is 0 Å². The van der Waals surface area contributed by atoms with Crippen LogP contribution in [0.25, 0.3) is 0 Å². The second-order valence-electron chi connectivity index (χ2n) is 11.5. The van der Waals surface area contributed by atoms with Crippen molar-refractivity contribution < 1.29 is 6.03 Å². The van der Waals surface area contributed by atoms with Gasteiger partial charge in [0.25, 0.3) is 0 Å². The molecule has 0 bridgehead atoms. The molecule has 1 aliphatic heterocycles. The summed E-state index contributed by atoms with van der Waals surface area (Å²) in [5.74, 6) is 1.81. The SMILES string of the molecule is CC(C)(C)c1ccc(C(C)(C)C)c2c1[O][Sb]([c]1ccccc1)([c]1ccccc1)([c]1ccccc1)[O]2. The van der Waals surface area contributed by atoms with Gasteiger partial charge in [0.1, 0.15) is 0 Å². The van der Waals surface area contributed by atoms with E-state index in [9.17, 15) is 0 Å². The fourth-order valence-electron chi connectivity index (χ4n) is 5.15. The number of benzene rings is 4. The fraction of sp³-hybridized carbons (Fsp3) is 0.250. The summed E-state index contributed by atoms with van der Waals surface area (Å²) in [5.41, 5.74) is 2.16. The molecule has 4 aromatic carbocycles. The van der Waals surface area contributed by atoms with E-state index in [1.165, 1.54) is 11.1 Å². The summed E-state index contributed by atoms with van der Waals surface area (Å²) in [6.45, 7) is 13.5. The molecule has 0 spiro atoms. The van der Waals surface area contributed by atoms with E-state index < -0.39 is 18.2 Å². The Bertz CT molecular complexity index is 1200. The average Bonchev–Trinajstić information content (AvgIpc) is 3.23. The van der Waals surface area contributed by atoms with Gasteiger partial charge in [-0.1, -0.05) is 0 Å². The van der Waals surface area contributed by atoms with Gasteiger partial charge in [0.15, 0.2) is 0 Å². The molecule has 1 heterocycles. The molecule has 0 atom stereocenters. The molecule has 0 N–H and O–H groups in total. The van der Waals surface area contributed by atoms with Gasteiger partial charge in [-0.3, -0.25) is 0 Å². The molecule has 5 rings (SSSR count). The summed E-state index contributed by atoms with van der Waals surface area (Å²) in [7, 11) is 0. The van der Waals surface area contributed by atoms with Crippen LogP contribution in [0.4, 0.5) is 0 Å². The number of fused-ring (bicyclic) bond motifs is 1. The first kappa shape index (κ1) is 24.0. The molecule has 0 saturated carbocycles. The van der Waals surface area contributed by atoms with Crippen molar-refractivity contribution in [3.63, 3.8) is 0 Å². The molecule has 0 aliphatic carbocycles. The van der Waals surface area contributed by atoms with Gasteiger partial charge in [-0.25, -0.2) is 0 Å². The van der Waals surface area contributed by atoms with Crippen molar-refractivity contribution in [2.75, 3.05) is 0 Å². The third-order valence-electron chi connectivity index (χ3n) is 6.93. The zero-order valence-electron chi connectivity index (χ0n) is 21.6. The van der Waals surface area contributed by atoms with E-state index in [4.69, 9.17) is 6.03 Å². The first-order chi connectivity index (χ1) is 16.6. The van der Waals surface area contributed by atoms with Crippen LogP contribution in [-0.2, 0) is 10.8 Å². The van der Waals surface area contributed by atoms with Crippen molar-refractivity contribution >= 4 is 28.8 Å². The van der Waals surface area contributed by atoms with Crippen LogP contribution in [-0.4, -0.2) is 18.2 Å². The first-order valence-electron chi connectivity index (χ1n) is 12.3. The zero-order chi connectivity index (χ0) is 24.9. The van der Waals surface area contributed by atoms with Crippen LogP contribution in [0.15, 0.2) is 103 Å². The van der Waals surface area contributed by atoms with Crippen molar-refractivity contribution in [2.24, 2.45) is 0 Å². The second kappa shape index (κ2) is 8.17. The van der Waals surface area contributed by atoms with Crippen molar-refractivity contribution in [1.29, 1.82) is 0 Å². The number of rotatable bonds is 3. The molecule has 0 fully saturated rings. The predicted molar refractivity (Wildman–Crippen MR) is 149 cm³/mol. The Morgan fingerprint density at radius 1 is 0.429 bits per heavy atom. The summed E-state index contributed by atoms with van der Waals surface area (Å²) < 4.78 is 18.6. The van der Waals surface area contributed by atoms with Gasteiger partial charge in [-0.2, -0.15) is 0 Å². The van der Waals surface area contributed by atoms with E-state index in [2.05, 4.69) is 145 Å². The maximum absolute atomic E-state index is 7.61. The Hall–Kier alpha value is -2.70. The standard InChI is InChI=1S/C14H22O2.3C6H5.Sb/c1-13(2,3)9-7-8-10(14(4,5)6)12(16)11(9)15;3*1-2-4-6-5-3-1;/h7-8,15-16H,1-6H3;3*1-5H;/q;;;;+2/p-2. The Morgan fingerprint density at radius 2 is 0.714 bits per heavy atom. The molecule has 3 heteroatoms. The quantitative estimate of drug-likeness (QED) is 0.273. The maximum atomic E-state index is 7.61. The molecule has 2 nitrogen and oxygen atoms in total. The predicted octanol–water partition coefficient (Wildman–Crippen LogP) is 6.17. The van der Waals surface area contributed by atoms with Crippen LogP contribution in [0.5, 0.6) is 11.5 Å². The normalized spacial score (nSPS) is 17.4. The van der Waals surface area contributed by atoms with E-state index in [1.807, 2.05) is 0 Å². The van der Waals surface area contributed by atoms with Crippen LogP contribution in [0, 0.1) is 0 Å². The van der Waals surface area contributed by atoms with E-state index in [0.29, 0.717) is 0 Å². The van der Waals surface area contributed by atoms with E-state index in [1.54, 1.807) is 0 Å². The Balaban J connectivity index is 1.97. The van der Waals surface area contributed by atoms with E-state index in [0.717, 1.165) is 22.0 Å². The minimum atomic E-state index is -5.02. The van der Waals surface area contributed by atoms with Gasteiger partial charge in [-0.05, 0) is 0 Å². The van der Waals surface area contributed by atoms with Crippen LogP contribution < -0.4 is 16.6 Å². The molecular formula is C32H35O2Sb. The molecule has 180 valence electrons. The Labute approximate surface area is 212 Å². The minimum absolute atomic E-state index is 0.101. The molecule has 0 amide bonds.